The van der Waals surface area contributed by atoms with E-state index in [1.54, 1.807) is 18.3 Å². The molecule has 0 saturated carbocycles. The normalized spacial score (nSPS) is 14.2. The number of rotatable bonds is 7. The van der Waals surface area contributed by atoms with Gasteiger partial charge in [0.15, 0.2) is 0 Å². The molecule has 0 fully saturated rings. The van der Waals surface area contributed by atoms with Crippen molar-refractivity contribution in [3.63, 3.8) is 0 Å². The van der Waals surface area contributed by atoms with Crippen LogP contribution in [0.15, 0.2) is 48.8 Å². The minimum Gasteiger partial charge on any atom is -0.355 e. The fourth-order valence-electron chi connectivity index (χ4n) is 3.68. The zero-order valence-electron chi connectivity index (χ0n) is 16.8. The van der Waals surface area contributed by atoms with Crippen LogP contribution in [0.1, 0.15) is 22.8 Å². The lowest BCUT2D eigenvalue weighted by molar-refractivity contribution is -0.120. The number of hydrogen-bond acceptors (Lipinski definition) is 5. The summed E-state index contributed by atoms with van der Waals surface area (Å²) in [5, 5.41) is 11.6. The lowest BCUT2D eigenvalue weighted by Crippen LogP contribution is -2.28. The van der Waals surface area contributed by atoms with Crippen LogP contribution < -0.4 is 5.32 Å². The van der Waals surface area contributed by atoms with E-state index in [4.69, 9.17) is 0 Å². The largest absolute Gasteiger partial charge is 0.355 e. The molecular formula is C22H25FN6O. The number of amides is 1. The van der Waals surface area contributed by atoms with Gasteiger partial charge in [0, 0.05) is 58.0 Å². The summed E-state index contributed by atoms with van der Waals surface area (Å²) < 4.78 is 15.1. The lowest BCUT2D eigenvalue weighted by atomic mass is 10.1. The molecule has 0 aliphatic carbocycles. The van der Waals surface area contributed by atoms with Gasteiger partial charge in [0.2, 0.25) is 5.91 Å². The first kappa shape index (κ1) is 20.2. The summed E-state index contributed by atoms with van der Waals surface area (Å²) in [4.78, 5) is 18.7. The van der Waals surface area contributed by atoms with Crippen molar-refractivity contribution in [2.45, 2.75) is 32.4 Å². The molecule has 3 aromatic rings. The first-order chi connectivity index (χ1) is 14.7. The molecule has 7 nitrogen and oxygen atoms in total. The fourth-order valence-corrected chi connectivity index (χ4v) is 3.68. The van der Waals surface area contributed by atoms with Crippen LogP contribution in [0, 0.1) is 5.82 Å². The molecule has 4 rings (SSSR count). The maximum absolute atomic E-state index is 13.0. The van der Waals surface area contributed by atoms with Crippen LogP contribution in [0.3, 0.4) is 0 Å². The van der Waals surface area contributed by atoms with Gasteiger partial charge >= 0.3 is 0 Å². The number of aromatic nitrogens is 4. The minimum absolute atomic E-state index is 0.0835. The van der Waals surface area contributed by atoms with Gasteiger partial charge in [0.25, 0.3) is 0 Å². The quantitative estimate of drug-likeness (QED) is 0.645. The van der Waals surface area contributed by atoms with Crippen molar-refractivity contribution in [1.82, 2.24) is 30.0 Å². The SMILES string of the molecule is O=C(Cc1ccc(F)cc1)NCCc1nnc2n1CCN(Cc1cccnc1)CC2. The second kappa shape index (κ2) is 9.58. The third kappa shape index (κ3) is 5.27. The van der Waals surface area contributed by atoms with Gasteiger partial charge in [0.1, 0.15) is 17.5 Å². The maximum atomic E-state index is 13.0. The molecular weight excluding hydrogens is 383 g/mol. The van der Waals surface area contributed by atoms with Crippen LogP contribution in [0.4, 0.5) is 4.39 Å². The Morgan fingerprint density at radius 1 is 1.07 bits per heavy atom. The van der Waals surface area contributed by atoms with Crippen LogP contribution in [-0.2, 0) is 37.1 Å². The second-order valence-corrected chi connectivity index (χ2v) is 7.47. The topological polar surface area (TPSA) is 75.9 Å². The Balaban J connectivity index is 1.27. The average Bonchev–Trinajstić information content (AvgIpc) is 3.03. The molecule has 2 aromatic heterocycles. The summed E-state index contributed by atoms with van der Waals surface area (Å²) in [6.45, 7) is 4.06. The van der Waals surface area contributed by atoms with Crippen molar-refractivity contribution >= 4 is 5.91 Å². The molecule has 1 amide bonds. The van der Waals surface area contributed by atoms with Gasteiger partial charge in [-0.3, -0.25) is 14.7 Å². The van der Waals surface area contributed by atoms with E-state index < -0.39 is 0 Å². The molecule has 0 atom stereocenters. The van der Waals surface area contributed by atoms with Crippen molar-refractivity contribution in [3.8, 4) is 0 Å². The summed E-state index contributed by atoms with van der Waals surface area (Å²) in [6, 6.07) is 10.1. The summed E-state index contributed by atoms with van der Waals surface area (Å²) in [5.41, 5.74) is 2.00. The summed E-state index contributed by atoms with van der Waals surface area (Å²) in [6.07, 6.45) is 5.42. The van der Waals surface area contributed by atoms with E-state index in [1.807, 2.05) is 12.3 Å². The van der Waals surface area contributed by atoms with E-state index in [9.17, 15) is 9.18 Å². The standard InChI is InChI=1S/C22H25FN6O/c23-19-5-3-17(4-6-19)14-22(30)25-10-7-20-26-27-21-8-11-28(12-13-29(20)21)16-18-2-1-9-24-15-18/h1-6,9,15H,7-8,10-14,16H2,(H,25,30). The van der Waals surface area contributed by atoms with Gasteiger partial charge in [-0.1, -0.05) is 18.2 Å². The van der Waals surface area contributed by atoms with E-state index in [2.05, 4.69) is 36.0 Å². The Bertz CT molecular complexity index is 973. The van der Waals surface area contributed by atoms with Crippen molar-refractivity contribution in [2.24, 2.45) is 0 Å². The Morgan fingerprint density at radius 3 is 2.73 bits per heavy atom. The lowest BCUT2D eigenvalue weighted by Gasteiger charge is -2.19. The Morgan fingerprint density at radius 2 is 1.93 bits per heavy atom. The molecule has 1 aromatic carbocycles. The number of benzene rings is 1. The van der Waals surface area contributed by atoms with Gasteiger partial charge in [-0.15, -0.1) is 10.2 Å². The highest BCUT2D eigenvalue weighted by molar-refractivity contribution is 5.78. The Labute approximate surface area is 175 Å². The van der Waals surface area contributed by atoms with Crippen LogP contribution in [0.25, 0.3) is 0 Å². The molecule has 0 spiro atoms. The number of halogens is 1. The van der Waals surface area contributed by atoms with Crippen molar-refractivity contribution in [1.29, 1.82) is 0 Å². The first-order valence-corrected chi connectivity index (χ1v) is 10.2. The average molecular weight is 408 g/mol. The number of nitrogens with one attached hydrogen (secondary N) is 1. The Kier molecular flexibility index (Phi) is 6.44. The minimum atomic E-state index is -0.300. The van der Waals surface area contributed by atoms with Crippen LogP contribution in [-0.4, -0.2) is 50.2 Å². The molecule has 30 heavy (non-hydrogen) atoms. The molecule has 8 heteroatoms. The van der Waals surface area contributed by atoms with Crippen LogP contribution in [0.2, 0.25) is 0 Å². The van der Waals surface area contributed by atoms with Crippen molar-refractivity contribution < 1.29 is 9.18 Å². The van der Waals surface area contributed by atoms with Crippen molar-refractivity contribution in [2.75, 3.05) is 19.6 Å². The molecule has 156 valence electrons. The number of nitrogens with zero attached hydrogens (tertiary/aromatic N) is 5. The molecule has 1 N–H and O–H groups in total. The maximum Gasteiger partial charge on any atom is 0.224 e. The number of pyridine rings is 1. The highest BCUT2D eigenvalue weighted by Crippen LogP contribution is 2.12. The van der Waals surface area contributed by atoms with Crippen molar-refractivity contribution in [3.05, 3.63) is 77.4 Å². The number of fused-ring (bicyclic) bond motifs is 1. The summed E-state index contributed by atoms with van der Waals surface area (Å²) >= 11 is 0. The number of carbonyl (C=O) groups is 1. The van der Waals surface area contributed by atoms with Gasteiger partial charge in [-0.2, -0.15) is 0 Å². The monoisotopic (exact) mass is 408 g/mol. The Hall–Kier alpha value is -3.13. The highest BCUT2D eigenvalue weighted by Gasteiger charge is 2.18. The third-order valence-corrected chi connectivity index (χ3v) is 5.27. The molecule has 0 radical (unpaired) electrons. The summed E-state index contributed by atoms with van der Waals surface area (Å²) in [7, 11) is 0. The number of hydrogen-bond donors (Lipinski definition) is 1. The molecule has 0 unspecified atom stereocenters. The molecule has 1 aliphatic heterocycles. The van der Waals surface area contributed by atoms with Gasteiger partial charge in [0.05, 0.1) is 6.42 Å². The van der Waals surface area contributed by atoms with E-state index in [0.717, 1.165) is 49.8 Å². The molecule has 1 aliphatic rings. The van der Waals surface area contributed by atoms with Gasteiger partial charge < -0.3 is 9.88 Å². The second-order valence-electron chi connectivity index (χ2n) is 7.47. The third-order valence-electron chi connectivity index (χ3n) is 5.27. The van der Waals surface area contributed by atoms with Crippen LogP contribution in [0.5, 0.6) is 0 Å². The first-order valence-electron chi connectivity index (χ1n) is 10.2. The van der Waals surface area contributed by atoms with E-state index in [0.29, 0.717) is 13.0 Å². The molecule has 3 heterocycles. The predicted octanol–water partition coefficient (Wildman–Crippen LogP) is 1.77. The smallest absolute Gasteiger partial charge is 0.224 e. The van der Waals surface area contributed by atoms with Crippen LogP contribution >= 0.6 is 0 Å². The zero-order valence-corrected chi connectivity index (χ0v) is 16.8. The molecule has 0 bridgehead atoms. The number of carbonyl (C=O) groups excluding carboxylic acids is 1. The van der Waals surface area contributed by atoms with E-state index in [1.165, 1.54) is 17.7 Å². The van der Waals surface area contributed by atoms with E-state index >= 15 is 0 Å². The molecule has 0 saturated heterocycles. The highest BCUT2D eigenvalue weighted by atomic mass is 19.1. The van der Waals surface area contributed by atoms with E-state index in [-0.39, 0.29) is 18.1 Å². The zero-order chi connectivity index (χ0) is 20.8. The summed E-state index contributed by atoms with van der Waals surface area (Å²) in [5.74, 6) is 1.51. The predicted molar refractivity (Wildman–Crippen MR) is 110 cm³/mol. The fraction of sp³-hybridized carbons (Fsp3) is 0.364. The van der Waals surface area contributed by atoms with Gasteiger partial charge in [-0.25, -0.2) is 4.39 Å². The van der Waals surface area contributed by atoms with Gasteiger partial charge in [-0.05, 0) is 29.3 Å².